The number of carbonyl (C=O) groups is 3. The number of nitrogens with one attached hydrogen (secondary N) is 2. The molecule has 1 aromatic carbocycles. The first-order valence-corrected chi connectivity index (χ1v) is 8.42. The van der Waals surface area contributed by atoms with Gasteiger partial charge in [-0.3, -0.25) is 9.59 Å². The van der Waals surface area contributed by atoms with Crippen LogP contribution in [0.15, 0.2) is 24.3 Å². The number of nitrogens with zero attached hydrogens (tertiary/aromatic N) is 1. The number of carbonyl (C=O) groups excluding carboxylic acids is 3. The van der Waals surface area contributed by atoms with Crippen LogP contribution in [0.2, 0.25) is 5.02 Å². The zero-order valence-electron chi connectivity index (χ0n) is 15.1. The molecule has 0 bridgehead atoms. The van der Waals surface area contributed by atoms with Gasteiger partial charge in [-0.1, -0.05) is 37.6 Å². The molecular weight excluding hydrogens is 358 g/mol. The third-order valence-electron chi connectivity index (χ3n) is 3.95. The Hall–Kier alpha value is -2.59. The molecule has 0 heterocycles. The second-order valence-corrected chi connectivity index (χ2v) is 6.71. The van der Waals surface area contributed by atoms with E-state index >= 15 is 0 Å². The van der Waals surface area contributed by atoms with Gasteiger partial charge in [0, 0.05) is 0 Å². The Morgan fingerprint density at radius 1 is 1.27 bits per heavy atom. The lowest BCUT2D eigenvalue weighted by atomic mass is 9.90. The molecule has 0 aliphatic carbocycles. The van der Waals surface area contributed by atoms with Gasteiger partial charge in [-0.05, 0) is 31.9 Å². The average molecular weight is 380 g/mol. The lowest BCUT2D eigenvalue weighted by Gasteiger charge is -2.27. The normalized spacial score (nSPS) is 13.9. The van der Waals surface area contributed by atoms with Crippen LogP contribution >= 0.6 is 11.6 Å². The minimum absolute atomic E-state index is 0.124. The van der Waals surface area contributed by atoms with Crippen LogP contribution < -0.4 is 10.6 Å². The van der Waals surface area contributed by atoms with Crippen LogP contribution in [0.25, 0.3) is 0 Å². The van der Waals surface area contributed by atoms with Gasteiger partial charge in [0.1, 0.15) is 11.6 Å². The van der Waals surface area contributed by atoms with E-state index in [0.29, 0.717) is 0 Å². The predicted octanol–water partition coefficient (Wildman–Crippen LogP) is 2.06. The van der Waals surface area contributed by atoms with Gasteiger partial charge < -0.3 is 15.4 Å². The Kier molecular flexibility index (Phi) is 7.59. The van der Waals surface area contributed by atoms with E-state index in [0.717, 1.165) is 0 Å². The third kappa shape index (κ3) is 5.74. The Morgan fingerprint density at radius 3 is 2.42 bits per heavy atom. The summed E-state index contributed by atoms with van der Waals surface area (Å²) in [5.41, 5.74) is -0.832. The maximum atomic E-state index is 12.1. The number of rotatable bonds is 7. The van der Waals surface area contributed by atoms with Crippen molar-refractivity contribution in [1.29, 1.82) is 5.26 Å². The van der Waals surface area contributed by atoms with Gasteiger partial charge in [0.15, 0.2) is 6.61 Å². The number of ether oxygens (including phenoxy) is 1. The van der Waals surface area contributed by atoms with Crippen LogP contribution in [0, 0.1) is 17.2 Å². The predicted molar refractivity (Wildman–Crippen MR) is 96.3 cm³/mol. The van der Waals surface area contributed by atoms with E-state index in [2.05, 4.69) is 10.6 Å². The van der Waals surface area contributed by atoms with Crippen molar-refractivity contribution in [3.63, 3.8) is 0 Å². The molecule has 1 rings (SSSR count). The number of amides is 2. The second-order valence-electron chi connectivity index (χ2n) is 6.30. The number of nitriles is 1. The Bertz CT molecular complexity index is 729. The molecule has 0 radical (unpaired) electrons. The van der Waals surface area contributed by atoms with E-state index in [9.17, 15) is 14.4 Å². The van der Waals surface area contributed by atoms with E-state index < -0.39 is 36.0 Å². The lowest BCUT2D eigenvalue weighted by molar-refractivity contribution is -0.150. The lowest BCUT2D eigenvalue weighted by Crippen LogP contribution is -2.50. The summed E-state index contributed by atoms with van der Waals surface area (Å²) >= 11 is 5.93. The van der Waals surface area contributed by atoms with Crippen molar-refractivity contribution >= 4 is 29.4 Å². The maximum Gasteiger partial charge on any atom is 0.328 e. The number of hydrogen-bond donors (Lipinski definition) is 2. The van der Waals surface area contributed by atoms with Crippen molar-refractivity contribution in [2.24, 2.45) is 5.92 Å². The number of benzene rings is 1. The molecule has 0 fully saturated rings. The summed E-state index contributed by atoms with van der Waals surface area (Å²) < 4.78 is 4.89. The van der Waals surface area contributed by atoms with Crippen molar-refractivity contribution in [1.82, 2.24) is 10.6 Å². The highest BCUT2D eigenvalue weighted by Gasteiger charge is 2.30. The SMILES string of the molecule is CC(C)[C@@](C)(C#N)NC(=O)COC(=O)[C@@H](C)NC(=O)c1ccccc1Cl. The summed E-state index contributed by atoms with van der Waals surface area (Å²) in [7, 11) is 0. The van der Waals surface area contributed by atoms with Gasteiger partial charge in [-0.15, -0.1) is 0 Å². The number of halogens is 1. The quantitative estimate of drug-likeness (QED) is 0.705. The molecule has 0 aromatic heterocycles. The monoisotopic (exact) mass is 379 g/mol. The highest BCUT2D eigenvalue weighted by molar-refractivity contribution is 6.33. The molecule has 0 saturated carbocycles. The van der Waals surface area contributed by atoms with Crippen LogP contribution in [0.5, 0.6) is 0 Å². The van der Waals surface area contributed by atoms with Crippen LogP contribution in [-0.4, -0.2) is 36.0 Å². The zero-order chi connectivity index (χ0) is 19.9. The molecule has 0 unspecified atom stereocenters. The standard InChI is InChI=1S/C18H22ClN3O4/c1-11(2)18(4,10-20)22-15(23)9-26-17(25)12(3)21-16(24)13-7-5-6-8-14(13)19/h5-8,11-12H,9H2,1-4H3,(H,21,24)(H,22,23)/t12-,18-/m1/s1. The third-order valence-corrected chi connectivity index (χ3v) is 4.28. The minimum Gasteiger partial charge on any atom is -0.454 e. The molecule has 0 saturated heterocycles. The Balaban J connectivity index is 2.55. The first kappa shape index (κ1) is 21.5. The molecule has 26 heavy (non-hydrogen) atoms. The highest BCUT2D eigenvalue weighted by atomic mass is 35.5. The maximum absolute atomic E-state index is 12.1. The van der Waals surface area contributed by atoms with E-state index in [4.69, 9.17) is 21.6 Å². The number of hydrogen-bond acceptors (Lipinski definition) is 5. The molecule has 0 aliphatic rings. The van der Waals surface area contributed by atoms with E-state index in [1.807, 2.05) is 6.07 Å². The highest BCUT2D eigenvalue weighted by Crippen LogP contribution is 2.15. The van der Waals surface area contributed by atoms with E-state index in [1.165, 1.54) is 13.0 Å². The van der Waals surface area contributed by atoms with E-state index in [1.54, 1.807) is 39.0 Å². The van der Waals surface area contributed by atoms with Gasteiger partial charge in [0.25, 0.3) is 11.8 Å². The van der Waals surface area contributed by atoms with Gasteiger partial charge in [0.2, 0.25) is 0 Å². The van der Waals surface area contributed by atoms with Crippen molar-refractivity contribution < 1.29 is 19.1 Å². The molecule has 0 spiro atoms. The van der Waals surface area contributed by atoms with Crippen molar-refractivity contribution in [2.75, 3.05) is 6.61 Å². The summed E-state index contributed by atoms with van der Waals surface area (Å²) in [6.45, 7) is 6.06. The molecule has 2 amide bonds. The molecule has 0 aliphatic heterocycles. The van der Waals surface area contributed by atoms with Gasteiger partial charge in [-0.2, -0.15) is 5.26 Å². The van der Waals surface area contributed by atoms with E-state index in [-0.39, 0.29) is 16.5 Å². The fourth-order valence-corrected chi connectivity index (χ4v) is 2.09. The molecule has 8 heteroatoms. The number of esters is 1. The largest absolute Gasteiger partial charge is 0.454 e. The average Bonchev–Trinajstić information content (AvgIpc) is 2.59. The van der Waals surface area contributed by atoms with Crippen LogP contribution in [0.1, 0.15) is 38.1 Å². The van der Waals surface area contributed by atoms with Gasteiger partial charge >= 0.3 is 5.97 Å². The molecule has 2 N–H and O–H groups in total. The fourth-order valence-electron chi connectivity index (χ4n) is 1.87. The molecule has 1 aromatic rings. The first-order valence-electron chi connectivity index (χ1n) is 8.05. The molecule has 7 nitrogen and oxygen atoms in total. The van der Waals surface area contributed by atoms with Crippen LogP contribution in [-0.2, 0) is 14.3 Å². The first-order chi connectivity index (χ1) is 12.1. The summed E-state index contributed by atoms with van der Waals surface area (Å²) in [4.78, 5) is 35.9. The van der Waals surface area contributed by atoms with Crippen LogP contribution in [0.4, 0.5) is 0 Å². The fraction of sp³-hybridized carbons (Fsp3) is 0.444. The van der Waals surface area contributed by atoms with Crippen LogP contribution in [0.3, 0.4) is 0 Å². The minimum atomic E-state index is -1.06. The Morgan fingerprint density at radius 2 is 1.88 bits per heavy atom. The Labute approximate surface area is 157 Å². The summed E-state index contributed by atoms with van der Waals surface area (Å²) in [5, 5.41) is 14.4. The summed E-state index contributed by atoms with van der Waals surface area (Å²) in [6.07, 6.45) is 0. The molecule has 140 valence electrons. The van der Waals surface area contributed by atoms with Gasteiger partial charge in [0.05, 0.1) is 16.7 Å². The molecular formula is C18H22ClN3O4. The van der Waals surface area contributed by atoms with Crippen molar-refractivity contribution in [3.05, 3.63) is 34.9 Å². The smallest absolute Gasteiger partial charge is 0.328 e. The zero-order valence-corrected chi connectivity index (χ0v) is 15.9. The van der Waals surface area contributed by atoms with Gasteiger partial charge in [-0.25, -0.2) is 4.79 Å². The summed E-state index contributed by atoms with van der Waals surface area (Å²) in [6, 6.07) is 7.47. The molecule has 2 atom stereocenters. The summed E-state index contributed by atoms with van der Waals surface area (Å²) in [5.74, 6) is -2.02. The van der Waals surface area contributed by atoms with Crippen molar-refractivity contribution in [2.45, 2.75) is 39.3 Å². The topological polar surface area (TPSA) is 108 Å². The second kappa shape index (κ2) is 9.20. The van der Waals surface area contributed by atoms with Crippen molar-refractivity contribution in [3.8, 4) is 6.07 Å².